The summed E-state index contributed by atoms with van der Waals surface area (Å²) in [6, 6.07) is 10.4. The molecule has 31 heavy (non-hydrogen) atoms. The average molecular weight is 416 g/mol. The summed E-state index contributed by atoms with van der Waals surface area (Å²) in [6.45, 7) is 0. The summed E-state index contributed by atoms with van der Waals surface area (Å²) < 4.78 is 18.0. The molecule has 0 radical (unpaired) electrons. The minimum atomic E-state index is -0.727. The zero-order valence-corrected chi connectivity index (χ0v) is 15.7. The highest BCUT2D eigenvalue weighted by atomic mass is 19.1. The number of primary amides is 1. The Labute approximate surface area is 172 Å². The molecule has 1 amide bonds. The minimum absolute atomic E-state index is 0.00756. The van der Waals surface area contributed by atoms with Gasteiger partial charge in [0, 0.05) is 24.3 Å². The zero-order chi connectivity index (χ0) is 21.1. The van der Waals surface area contributed by atoms with Crippen LogP contribution in [0.4, 0.5) is 15.9 Å². The summed E-state index contributed by atoms with van der Waals surface area (Å²) in [5.74, 6) is -1.10. The van der Waals surface area contributed by atoms with Crippen LogP contribution in [-0.4, -0.2) is 34.8 Å². The molecule has 152 valence electrons. The summed E-state index contributed by atoms with van der Waals surface area (Å²) in [6.07, 6.45) is 5.96. The first-order chi connectivity index (χ1) is 15.1. The van der Waals surface area contributed by atoms with Crippen molar-refractivity contribution in [2.75, 3.05) is 5.32 Å². The lowest BCUT2D eigenvalue weighted by Gasteiger charge is -2.29. The first-order valence-electron chi connectivity index (χ1n) is 9.23. The van der Waals surface area contributed by atoms with Crippen molar-refractivity contribution in [3.63, 3.8) is 0 Å². The second kappa shape index (κ2) is 6.16. The second-order valence-electron chi connectivity index (χ2n) is 6.86. The highest BCUT2D eigenvalue weighted by Gasteiger charge is 2.26. The number of hydrogen-bond donors (Lipinski definition) is 2. The Morgan fingerprint density at radius 3 is 2.68 bits per heavy atom. The van der Waals surface area contributed by atoms with Crippen molar-refractivity contribution in [1.29, 1.82) is 0 Å². The van der Waals surface area contributed by atoms with Crippen LogP contribution in [0.3, 0.4) is 0 Å². The van der Waals surface area contributed by atoms with E-state index < -0.39 is 11.7 Å². The molecule has 3 N–H and O–H groups in total. The van der Waals surface area contributed by atoms with Gasteiger partial charge in [0.2, 0.25) is 0 Å². The molecule has 5 aromatic heterocycles. The Morgan fingerprint density at radius 1 is 1.19 bits per heavy atom. The van der Waals surface area contributed by atoms with E-state index in [4.69, 9.17) is 10.6 Å². The van der Waals surface area contributed by atoms with Gasteiger partial charge in [-0.3, -0.25) is 4.79 Å². The fourth-order valence-corrected chi connectivity index (χ4v) is 3.52. The van der Waals surface area contributed by atoms with Crippen LogP contribution in [0.25, 0.3) is 22.2 Å². The SMILES string of the molecule is NC(=O)c1cnc(On2c3c4cccc3n42)nc1Nc1ccc(-n2ccnc2)c(F)c1. The number of benzene rings is 2. The third-order valence-corrected chi connectivity index (χ3v) is 5.02. The van der Waals surface area contributed by atoms with E-state index in [-0.39, 0.29) is 17.4 Å². The summed E-state index contributed by atoms with van der Waals surface area (Å²) in [7, 11) is 0. The Kier molecular flexibility index (Phi) is 3.42. The second-order valence-corrected chi connectivity index (χ2v) is 6.86. The molecule has 0 fully saturated rings. The maximum Gasteiger partial charge on any atom is 0.347 e. The summed E-state index contributed by atoms with van der Waals surface area (Å²) >= 11 is 0. The number of nitrogens with two attached hydrogens (primary N) is 1. The van der Waals surface area contributed by atoms with Crippen LogP contribution in [0, 0.1) is 5.82 Å². The van der Waals surface area contributed by atoms with Crippen LogP contribution in [0.15, 0.2) is 61.3 Å². The van der Waals surface area contributed by atoms with Gasteiger partial charge in [0.15, 0.2) is 11.3 Å². The topological polar surface area (TPSA) is 117 Å². The van der Waals surface area contributed by atoms with Crippen molar-refractivity contribution in [3.05, 3.63) is 72.7 Å². The molecule has 0 spiro atoms. The van der Waals surface area contributed by atoms with Gasteiger partial charge in [-0.25, -0.2) is 18.9 Å². The van der Waals surface area contributed by atoms with Gasteiger partial charge >= 0.3 is 6.01 Å². The Hall–Kier alpha value is -4.67. The van der Waals surface area contributed by atoms with Crippen LogP contribution >= 0.6 is 0 Å². The number of nitrogens with zero attached hydrogens (tertiary/aromatic N) is 6. The van der Waals surface area contributed by atoms with Crippen molar-refractivity contribution in [2.24, 2.45) is 5.73 Å². The van der Waals surface area contributed by atoms with Crippen molar-refractivity contribution >= 4 is 34.0 Å². The Bertz CT molecular complexity index is 1480. The lowest BCUT2D eigenvalue weighted by Crippen LogP contribution is -2.30. The first-order valence-corrected chi connectivity index (χ1v) is 9.23. The number of carbonyl (C=O) groups excluding carboxylic acids is 1. The zero-order valence-electron chi connectivity index (χ0n) is 15.7. The quantitative estimate of drug-likeness (QED) is 0.431. The lowest BCUT2D eigenvalue weighted by molar-refractivity contribution is 0.0999. The number of aromatic nitrogens is 6. The molecule has 7 rings (SSSR count). The molecular formula is C20H13FN8O2. The number of halogens is 1. The van der Waals surface area contributed by atoms with Gasteiger partial charge in [-0.2, -0.15) is 4.98 Å². The fraction of sp³-hybridized carbons (Fsp3) is 0. The third-order valence-electron chi connectivity index (χ3n) is 5.02. The molecule has 4 bridgehead atoms. The molecule has 0 saturated carbocycles. The molecule has 0 aliphatic rings. The van der Waals surface area contributed by atoms with Crippen LogP contribution in [0.2, 0.25) is 0 Å². The Morgan fingerprint density at radius 2 is 2.00 bits per heavy atom. The molecule has 0 aliphatic carbocycles. The lowest BCUT2D eigenvalue weighted by atomic mass is 10.2. The number of nitrogens with one attached hydrogen (secondary N) is 1. The summed E-state index contributed by atoms with van der Waals surface area (Å²) in [5.41, 5.74) is 9.24. The van der Waals surface area contributed by atoms with Crippen molar-refractivity contribution < 1.29 is 14.0 Å². The number of para-hydroxylation sites is 1. The van der Waals surface area contributed by atoms with E-state index in [1.54, 1.807) is 33.9 Å². The van der Waals surface area contributed by atoms with Crippen LogP contribution in [0.5, 0.6) is 6.01 Å². The average Bonchev–Trinajstić information content (AvgIpc) is 3.26. The number of carbonyl (C=O) groups is 1. The van der Waals surface area contributed by atoms with E-state index in [0.717, 1.165) is 16.6 Å². The van der Waals surface area contributed by atoms with Gasteiger partial charge in [-0.05, 0) is 30.3 Å². The standard InChI is InChI=1S/C20H13FN8O2/c21-13-8-11(4-5-14(13)27-7-6-23-10-27)25-19-12(18(22)30)9-24-20(26-19)31-29-17-15-2-1-3-16(17)28(15)29/h1-10H,(H2,22,30)(H,24,25,26). The molecule has 0 atom stereocenters. The van der Waals surface area contributed by atoms with Crippen molar-refractivity contribution in [3.8, 4) is 11.7 Å². The highest BCUT2D eigenvalue weighted by molar-refractivity contribution is 6.02. The molecule has 0 aliphatic heterocycles. The molecule has 5 heterocycles. The van der Waals surface area contributed by atoms with Crippen molar-refractivity contribution in [1.82, 2.24) is 28.9 Å². The van der Waals surface area contributed by atoms with E-state index in [1.807, 2.05) is 22.7 Å². The number of amides is 1. The maximum absolute atomic E-state index is 14.6. The van der Waals surface area contributed by atoms with E-state index in [1.165, 1.54) is 18.6 Å². The Balaban J connectivity index is 1.30. The number of rotatable bonds is 6. The van der Waals surface area contributed by atoms with Gasteiger partial charge in [0.1, 0.15) is 11.4 Å². The normalized spacial score (nSPS) is 11.6. The number of imidazole rings is 1. The van der Waals surface area contributed by atoms with Crippen LogP contribution in [-0.2, 0) is 0 Å². The molecule has 2 aromatic carbocycles. The summed E-state index contributed by atoms with van der Waals surface area (Å²) in [5, 5.41) is 2.92. The predicted molar refractivity (Wildman–Crippen MR) is 109 cm³/mol. The third kappa shape index (κ3) is 2.50. The van der Waals surface area contributed by atoms with E-state index >= 15 is 0 Å². The minimum Gasteiger partial charge on any atom is -0.365 e. The maximum atomic E-state index is 14.6. The molecular weight excluding hydrogens is 403 g/mol. The van der Waals surface area contributed by atoms with E-state index in [9.17, 15) is 9.18 Å². The first kappa shape index (κ1) is 17.2. The van der Waals surface area contributed by atoms with Gasteiger partial charge in [0.05, 0.1) is 23.0 Å². The number of anilines is 2. The van der Waals surface area contributed by atoms with Crippen molar-refractivity contribution in [2.45, 2.75) is 0 Å². The van der Waals surface area contributed by atoms with Gasteiger partial charge in [0.25, 0.3) is 5.91 Å². The van der Waals surface area contributed by atoms with E-state index in [0.29, 0.717) is 11.4 Å². The predicted octanol–water partition coefficient (Wildman–Crippen LogP) is 2.57. The molecule has 10 nitrogen and oxygen atoms in total. The molecule has 0 unspecified atom stereocenters. The van der Waals surface area contributed by atoms with Gasteiger partial charge < -0.3 is 20.5 Å². The smallest absolute Gasteiger partial charge is 0.347 e. The fourth-order valence-electron chi connectivity index (χ4n) is 3.52. The van der Waals surface area contributed by atoms with Gasteiger partial charge in [-0.15, -0.1) is 4.85 Å². The number of hydrogen-bond acceptors (Lipinski definition) is 6. The molecule has 0 saturated heterocycles. The summed E-state index contributed by atoms with van der Waals surface area (Å²) in [4.78, 5) is 31.3. The van der Waals surface area contributed by atoms with Gasteiger partial charge in [-0.1, -0.05) is 6.07 Å². The van der Waals surface area contributed by atoms with Crippen LogP contribution < -0.4 is 15.9 Å². The van der Waals surface area contributed by atoms with Crippen LogP contribution in [0.1, 0.15) is 10.4 Å². The number of pyridine rings is 1. The monoisotopic (exact) mass is 416 g/mol. The molecule has 7 aromatic rings. The highest BCUT2D eigenvalue weighted by Crippen LogP contribution is 2.34. The largest absolute Gasteiger partial charge is 0.365 e. The van der Waals surface area contributed by atoms with E-state index in [2.05, 4.69) is 20.3 Å². The molecule has 11 heteroatoms.